The first-order chi connectivity index (χ1) is 11.1. The van der Waals surface area contributed by atoms with Crippen LogP contribution in [0.2, 0.25) is 0 Å². The fourth-order valence-corrected chi connectivity index (χ4v) is 3.50. The number of rotatable bonds is 5. The third-order valence-corrected chi connectivity index (χ3v) is 4.95. The van der Waals surface area contributed by atoms with E-state index in [0.717, 1.165) is 10.5 Å². The molecule has 7 nitrogen and oxygen atoms in total. The lowest BCUT2D eigenvalue weighted by Gasteiger charge is -2.40. The zero-order valence-corrected chi connectivity index (χ0v) is 13.6. The number of hydrogen-bond acceptors (Lipinski definition) is 4. The minimum Gasteiger partial charge on any atom is -0.363 e. The molecule has 0 aliphatic carbocycles. The predicted octanol–water partition coefficient (Wildman–Crippen LogP) is 4.78. The van der Waals surface area contributed by atoms with E-state index in [1.807, 2.05) is 31.2 Å². The molecule has 9 heteroatoms. The molecule has 5 atom stereocenters. The number of alkyl halides is 1. The molecular formula is C14H17FN6OS. The van der Waals surface area contributed by atoms with Gasteiger partial charge in [0.05, 0.1) is 12.6 Å². The summed E-state index contributed by atoms with van der Waals surface area (Å²) >= 11 is 1.30. The lowest BCUT2D eigenvalue weighted by atomic mass is 9.91. The number of nitrogens with zero attached hydrogens (tertiary/aromatic N) is 6. The van der Waals surface area contributed by atoms with E-state index >= 15 is 0 Å². The Bertz CT molecular complexity index is 627. The molecule has 0 saturated carbocycles. The van der Waals surface area contributed by atoms with Crippen molar-refractivity contribution in [2.24, 2.45) is 16.1 Å². The van der Waals surface area contributed by atoms with Crippen LogP contribution in [-0.4, -0.2) is 30.3 Å². The van der Waals surface area contributed by atoms with Gasteiger partial charge in [-0.15, -0.1) is 0 Å². The standard InChI is InChI=1S/C14H17FN6OS/c1-8-3-5-10(6-4-8)23-14-13(19-21-17)12(15)9(2)11(22-14)7-18-20-16/h3-6,9,11-14H,7H2,1-2H3/t9?,11-,12+,13-,14-/m1/s1. The molecule has 0 bridgehead atoms. The van der Waals surface area contributed by atoms with Crippen molar-refractivity contribution in [2.75, 3.05) is 6.54 Å². The van der Waals surface area contributed by atoms with Gasteiger partial charge in [0, 0.05) is 20.6 Å². The summed E-state index contributed by atoms with van der Waals surface area (Å²) in [6.07, 6.45) is -1.91. The van der Waals surface area contributed by atoms with Gasteiger partial charge in [-0.1, -0.05) is 46.6 Å². The van der Waals surface area contributed by atoms with Gasteiger partial charge in [0.25, 0.3) is 0 Å². The van der Waals surface area contributed by atoms with Gasteiger partial charge in [0.15, 0.2) is 0 Å². The Morgan fingerprint density at radius 1 is 1.26 bits per heavy atom. The average molecular weight is 336 g/mol. The normalized spacial score (nSPS) is 30.1. The van der Waals surface area contributed by atoms with E-state index in [0.29, 0.717) is 0 Å². The van der Waals surface area contributed by atoms with Crippen molar-refractivity contribution in [3.63, 3.8) is 0 Å². The fourth-order valence-electron chi connectivity index (χ4n) is 2.40. The molecule has 1 aromatic rings. The molecule has 0 aromatic heterocycles. The summed E-state index contributed by atoms with van der Waals surface area (Å²) in [6.45, 7) is 3.68. The quantitative estimate of drug-likeness (QED) is 0.438. The number of ether oxygens (including phenoxy) is 1. The van der Waals surface area contributed by atoms with Crippen LogP contribution in [0.1, 0.15) is 12.5 Å². The van der Waals surface area contributed by atoms with E-state index in [1.54, 1.807) is 6.92 Å². The van der Waals surface area contributed by atoms with Gasteiger partial charge in [-0.05, 0) is 30.1 Å². The van der Waals surface area contributed by atoms with Crippen LogP contribution >= 0.6 is 11.8 Å². The number of thioether (sulfide) groups is 1. The zero-order valence-electron chi connectivity index (χ0n) is 12.8. The van der Waals surface area contributed by atoms with Crippen LogP contribution in [0.4, 0.5) is 4.39 Å². The Balaban J connectivity index is 2.22. The third-order valence-electron chi connectivity index (χ3n) is 3.79. The van der Waals surface area contributed by atoms with Crippen molar-refractivity contribution >= 4 is 11.8 Å². The van der Waals surface area contributed by atoms with Crippen molar-refractivity contribution in [1.82, 2.24) is 0 Å². The SMILES string of the molecule is Cc1ccc(S[C@H]2O[C@H](CN=[N+]=[N-])C(C)[C@H](F)[C@H]2N=[N+]=[N-])cc1. The molecule has 0 N–H and O–H groups in total. The Morgan fingerprint density at radius 3 is 2.57 bits per heavy atom. The second kappa shape index (κ2) is 8.08. The number of halogens is 1. The van der Waals surface area contributed by atoms with Crippen molar-refractivity contribution in [2.45, 2.75) is 42.5 Å². The Labute approximate surface area is 137 Å². The molecule has 1 aromatic carbocycles. The van der Waals surface area contributed by atoms with E-state index in [9.17, 15) is 4.39 Å². The van der Waals surface area contributed by atoms with E-state index in [-0.39, 0.29) is 6.54 Å². The maximum atomic E-state index is 14.6. The highest BCUT2D eigenvalue weighted by molar-refractivity contribution is 7.99. The summed E-state index contributed by atoms with van der Waals surface area (Å²) in [5, 5.41) is 7.06. The van der Waals surface area contributed by atoms with Gasteiger partial charge < -0.3 is 4.74 Å². The van der Waals surface area contributed by atoms with Crippen molar-refractivity contribution < 1.29 is 9.13 Å². The molecule has 2 rings (SSSR count). The summed E-state index contributed by atoms with van der Waals surface area (Å²) in [6, 6.07) is 6.78. The zero-order chi connectivity index (χ0) is 16.8. The van der Waals surface area contributed by atoms with E-state index < -0.39 is 29.7 Å². The highest BCUT2D eigenvalue weighted by atomic mass is 32.2. The molecule has 1 fully saturated rings. The van der Waals surface area contributed by atoms with E-state index in [4.69, 9.17) is 15.8 Å². The van der Waals surface area contributed by atoms with Gasteiger partial charge in [-0.2, -0.15) is 0 Å². The number of benzene rings is 1. The molecule has 1 heterocycles. The van der Waals surface area contributed by atoms with Gasteiger partial charge in [0.1, 0.15) is 17.6 Å². The van der Waals surface area contributed by atoms with Crippen LogP contribution in [0.3, 0.4) is 0 Å². The van der Waals surface area contributed by atoms with Gasteiger partial charge >= 0.3 is 0 Å². The summed E-state index contributed by atoms with van der Waals surface area (Å²) in [7, 11) is 0. The van der Waals surface area contributed by atoms with Gasteiger partial charge in [-0.3, -0.25) is 0 Å². The maximum Gasteiger partial charge on any atom is 0.119 e. The van der Waals surface area contributed by atoms with Gasteiger partial charge in [0.2, 0.25) is 0 Å². The van der Waals surface area contributed by atoms with Crippen LogP contribution in [-0.2, 0) is 4.74 Å². The first kappa shape index (κ1) is 17.4. The topological polar surface area (TPSA) is 107 Å². The molecule has 1 unspecified atom stereocenters. The largest absolute Gasteiger partial charge is 0.363 e. The second-order valence-corrected chi connectivity index (χ2v) is 6.56. The molecule has 0 spiro atoms. The highest BCUT2D eigenvalue weighted by Gasteiger charge is 2.43. The maximum absolute atomic E-state index is 14.6. The molecular weight excluding hydrogens is 319 g/mol. The van der Waals surface area contributed by atoms with Crippen molar-refractivity contribution in [3.05, 3.63) is 50.7 Å². The summed E-state index contributed by atoms with van der Waals surface area (Å²) < 4.78 is 20.5. The highest BCUT2D eigenvalue weighted by Crippen LogP contribution is 2.38. The Kier molecular flexibility index (Phi) is 6.12. The van der Waals surface area contributed by atoms with Gasteiger partial charge in [-0.25, -0.2) is 4.39 Å². The van der Waals surface area contributed by atoms with Crippen LogP contribution in [0.15, 0.2) is 39.4 Å². The summed E-state index contributed by atoms with van der Waals surface area (Å²) in [5.41, 5.74) is 17.6. The third kappa shape index (κ3) is 4.30. The van der Waals surface area contributed by atoms with Crippen molar-refractivity contribution in [3.8, 4) is 0 Å². The molecule has 0 radical (unpaired) electrons. The Morgan fingerprint density at radius 2 is 1.96 bits per heavy atom. The minimum absolute atomic E-state index is 0.0477. The lowest BCUT2D eigenvalue weighted by molar-refractivity contribution is -0.0813. The summed E-state index contributed by atoms with van der Waals surface area (Å²) in [4.78, 5) is 6.34. The van der Waals surface area contributed by atoms with E-state index in [1.165, 1.54) is 11.8 Å². The Hall–Kier alpha value is -1.92. The molecule has 0 amide bonds. The average Bonchev–Trinajstić information content (AvgIpc) is 2.55. The first-order valence-electron chi connectivity index (χ1n) is 7.14. The van der Waals surface area contributed by atoms with Crippen LogP contribution < -0.4 is 0 Å². The molecule has 23 heavy (non-hydrogen) atoms. The van der Waals surface area contributed by atoms with Crippen LogP contribution in [0.25, 0.3) is 20.9 Å². The van der Waals surface area contributed by atoms with Crippen molar-refractivity contribution in [1.29, 1.82) is 0 Å². The predicted molar refractivity (Wildman–Crippen MR) is 86.7 cm³/mol. The molecule has 122 valence electrons. The minimum atomic E-state index is -1.36. The molecule has 1 aliphatic rings. The van der Waals surface area contributed by atoms with E-state index in [2.05, 4.69) is 20.1 Å². The molecule has 1 aliphatic heterocycles. The number of aryl methyl sites for hydroxylation is 1. The molecule has 1 saturated heterocycles. The lowest BCUT2D eigenvalue weighted by Crippen LogP contribution is -2.50. The van der Waals surface area contributed by atoms with Crippen LogP contribution in [0.5, 0.6) is 0 Å². The summed E-state index contributed by atoms with van der Waals surface area (Å²) in [5.74, 6) is -0.522. The number of azide groups is 2. The van der Waals surface area contributed by atoms with Crippen LogP contribution in [0, 0.1) is 12.8 Å². The monoisotopic (exact) mass is 336 g/mol. The smallest absolute Gasteiger partial charge is 0.119 e. The number of hydrogen-bond donors (Lipinski definition) is 0. The second-order valence-electron chi connectivity index (χ2n) is 5.39. The fraction of sp³-hybridized carbons (Fsp3) is 0.571. The first-order valence-corrected chi connectivity index (χ1v) is 8.02.